The molecule has 3 saturated carbocycles. The van der Waals surface area contributed by atoms with Crippen molar-refractivity contribution in [2.45, 2.75) is 71.3 Å². The Morgan fingerprint density at radius 2 is 1.92 bits per heavy atom. The molecule has 0 spiro atoms. The Bertz CT molecular complexity index is 556. The molecule has 0 aliphatic heterocycles. The molecule has 0 aromatic heterocycles. The van der Waals surface area contributed by atoms with Crippen molar-refractivity contribution in [2.75, 3.05) is 13.2 Å². The Morgan fingerprint density at radius 1 is 1.17 bits per heavy atom. The van der Waals surface area contributed by atoms with Crippen molar-refractivity contribution in [1.82, 2.24) is 0 Å². The molecule has 0 amide bonds. The van der Waals surface area contributed by atoms with Gasteiger partial charge in [-0.2, -0.15) is 0 Å². The van der Waals surface area contributed by atoms with Crippen LogP contribution >= 0.6 is 0 Å². The van der Waals surface area contributed by atoms with Crippen LogP contribution in [0.2, 0.25) is 0 Å². The number of carbonyl (C=O) groups excluding carboxylic acids is 1. The fourth-order valence-electron chi connectivity index (χ4n) is 6.78. The fraction of sp³-hybridized carbons (Fsp3) is 0.857. The molecule has 0 radical (unpaired) electrons. The molecule has 6 atom stereocenters. The first-order valence-electron chi connectivity index (χ1n) is 10.0. The topological polar surface area (TPSA) is 52.3 Å². The summed E-state index contributed by atoms with van der Waals surface area (Å²) in [6, 6.07) is 0. The lowest BCUT2D eigenvalue weighted by Gasteiger charge is -2.57. The minimum atomic E-state index is -0.00961. The quantitative estimate of drug-likeness (QED) is 0.799. The van der Waals surface area contributed by atoms with Crippen LogP contribution in [-0.2, 0) is 9.53 Å². The summed E-state index contributed by atoms with van der Waals surface area (Å²) in [5, 5.41) is 0. The van der Waals surface area contributed by atoms with E-state index in [1.54, 1.807) is 5.57 Å². The molecule has 2 N–H and O–H groups in total. The minimum absolute atomic E-state index is 0.00961. The normalized spacial score (nSPS) is 47.6. The molecule has 0 unspecified atom stereocenters. The van der Waals surface area contributed by atoms with Crippen LogP contribution < -0.4 is 5.73 Å². The zero-order chi connectivity index (χ0) is 16.9. The summed E-state index contributed by atoms with van der Waals surface area (Å²) < 4.78 is 5.95. The standard InChI is InChI=1S/C21H33NO2/c1-20-9-7-15(24-12-11-22)13-14(20)3-4-16-17-5-6-19(23)21(17,2)10-8-18(16)20/h3,15-18H,4-13,22H2,1-2H3/t15-,16-,17-,18-,20+,21-/m1/s1. The van der Waals surface area contributed by atoms with E-state index in [1.807, 2.05) is 0 Å². The molecule has 0 aromatic carbocycles. The highest BCUT2D eigenvalue weighted by molar-refractivity contribution is 5.87. The smallest absolute Gasteiger partial charge is 0.139 e. The van der Waals surface area contributed by atoms with Gasteiger partial charge in [0.2, 0.25) is 0 Å². The molecule has 4 aliphatic carbocycles. The van der Waals surface area contributed by atoms with Crippen LogP contribution in [-0.4, -0.2) is 25.0 Å². The highest BCUT2D eigenvalue weighted by Gasteiger charge is 2.58. The molecule has 4 aliphatic rings. The van der Waals surface area contributed by atoms with Gasteiger partial charge in [-0.3, -0.25) is 4.79 Å². The number of nitrogens with two attached hydrogens (primary N) is 1. The van der Waals surface area contributed by atoms with E-state index in [2.05, 4.69) is 19.9 Å². The number of Topliss-reactive ketones (excluding diaryl/α,β-unsaturated/α-hetero) is 1. The second-order valence-electron chi connectivity index (χ2n) is 9.20. The summed E-state index contributed by atoms with van der Waals surface area (Å²) >= 11 is 0. The van der Waals surface area contributed by atoms with Crippen LogP contribution in [0, 0.1) is 28.6 Å². The molecule has 0 heterocycles. The third kappa shape index (κ3) is 2.34. The Balaban J connectivity index is 1.56. The molecule has 3 fully saturated rings. The number of fused-ring (bicyclic) bond motifs is 5. The maximum absolute atomic E-state index is 12.5. The largest absolute Gasteiger partial charge is 0.377 e. The number of hydrogen-bond acceptors (Lipinski definition) is 3. The predicted molar refractivity (Wildman–Crippen MR) is 95.5 cm³/mol. The van der Waals surface area contributed by atoms with Gasteiger partial charge < -0.3 is 10.5 Å². The van der Waals surface area contributed by atoms with Gasteiger partial charge in [-0.1, -0.05) is 25.5 Å². The maximum atomic E-state index is 12.5. The van der Waals surface area contributed by atoms with Crippen molar-refractivity contribution in [1.29, 1.82) is 0 Å². The number of rotatable bonds is 3. The zero-order valence-corrected chi connectivity index (χ0v) is 15.4. The lowest BCUT2D eigenvalue weighted by atomic mass is 9.48. The molecule has 0 bridgehead atoms. The highest BCUT2D eigenvalue weighted by atomic mass is 16.5. The monoisotopic (exact) mass is 331 g/mol. The average molecular weight is 332 g/mol. The molecule has 0 saturated heterocycles. The summed E-state index contributed by atoms with van der Waals surface area (Å²) in [7, 11) is 0. The van der Waals surface area contributed by atoms with Crippen LogP contribution in [0.4, 0.5) is 0 Å². The van der Waals surface area contributed by atoms with Gasteiger partial charge in [-0.05, 0) is 68.1 Å². The first-order chi connectivity index (χ1) is 11.5. The van der Waals surface area contributed by atoms with Crippen LogP contribution in [0.5, 0.6) is 0 Å². The molecular weight excluding hydrogens is 298 g/mol. The van der Waals surface area contributed by atoms with Crippen molar-refractivity contribution in [3.05, 3.63) is 11.6 Å². The average Bonchev–Trinajstić information content (AvgIpc) is 2.88. The third-order valence-corrected chi connectivity index (χ3v) is 8.24. The predicted octanol–water partition coefficient (Wildman–Crippen LogP) is 3.86. The highest BCUT2D eigenvalue weighted by Crippen LogP contribution is 2.64. The van der Waals surface area contributed by atoms with Gasteiger partial charge in [0.15, 0.2) is 0 Å². The van der Waals surface area contributed by atoms with Crippen molar-refractivity contribution >= 4 is 5.78 Å². The Labute approximate surface area is 146 Å². The first-order valence-corrected chi connectivity index (χ1v) is 10.0. The van der Waals surface area contributed by atoms with Crippen LogP contribution in [0.25, 0.3) is 0 Å². The van der Waals surface area contributed by atoms with Gasteiger partial charge in [0.1, 0.15) is 5.78 Å². The molecular formula is C21H33NO2. The SMILES string of the molecule is C[C@@]12CC[C@@H]3[C@H](CC=C4C[C@H](OCCN)CC[C@@]43C)[C@H]1CCC2=O. The molecule has 24 heavy (non-hydrogen) atoms. The van der Waals surface area contributed by atoms with E-state index in [1.165, 1.54) is 19.3 Å². The summed E-state index contributed by atoms with van der Waals surface area (Å²) in [6.07, 6.45) is 11.9. The van der Waals surface area contributed by atoms with Crippen molar-refractivity contribution in [3.8, 4) is 0 Å². The molecule has 3 nitrogen and oxygen atoms in total. The van der Waals surface area contributed by atoms with Gasteiger partial charge in [0, 0.05) is 18.4 Å². The molecule has 0 aromatic rings. The van der Waals surface area contributed by atoms with E-state index < -0.39 is 0 Å². The summed E-state index contributed by atoms with van der Waals surface area (Å²) in [5.41, 5.74) is 7.58. The Hall–Kier alpha value is -0.670. The number of ether oxygens (including phenoxy) is 1. The van der Waals surface area contributed by atoms with Crippen LogP contribution in [0.1, 0.15) is 65.2 Å². The van der Waals surface area contributed by atoms with Gasteiger partial charge in [-0.25, -0.2) is 0 Å². The third-order valence-electron chi connectivity index (χ3n) is 8.24. The zero-order valence-electron chi connectivity index (χ0n) is 15.4. The Morgan fingerprint density at radius 3 is 2.71 bits per heavy atom. The van der Waals surface area contributed by atoms with E-state index in [9.17, 15) is 4.79 Å². The van der Waals surface area contributed by atoms with Gasteiger partial charge in [0.25, 0.3) is 0 Å². The van der Waals surface area contributed by atoms with E-state index in [0.29, 0.717) is 36.4 Å². The first kappa shape index (κ1) is 16.8. The van der Waals surface area contributed by atoms with Crippen LogP contribution in [0.15, 0.2) is 11.6 Å². The maximum Gasteiger partial charge on any atom is 0.139 e. The van der Waals surface area contributed by atoms with E-state index in [0.717, 1.165) is 43.9 Å². The van der Waals surface area contributed by atoms with Crippen molar-refractivity contribution < 1.29 is 9.53 Å². The molecule has 3 heteroatoms. The van der Waals surface area contributed by atoms with E-state index >= 15 is 0 Å². The van der Waals surface area contributed by atoms with E-state index in [-0.39, 0.29) is 5.41 Å². The molecule has 134 valence electrons. The minimum Gasteiger partial charge on any atom is -0.377 e. The second-order valence-corrected chi connectivity index (χ2v) is 9.20. The van der Waals surface area contributed by atoms with Crippen molar-refractivity contribution in [2.24, 2.45) is 34.3 Å². The summed E-state index contributed by atoms with van der Waals surface area (Å²) in [5.74, 6) is 2.68. The summed E-state index contributed by atoms with van der Waals surface area (Å²) in [6.45, 7) is 6.08. The number of allylic oxidation sites excluding steroid dienone is 1. The molecule has 4 rings (SSSR count). The second kappa shape index (κ2) is 5.95. The fourth-order valence-corrected chi connectivity index (χ4v) is 6.78. The van der Waals surface area contributed by atoms with Gasteiger partial charge >= 0.3 is 0 Å². The van der Waals surface area contributed by atoms with E-state index in [4.69, 9.17) is 10.5 Å². The van der Waals surface area contributed by atoms with Crippen molar-refractivity contribution in [3.63, 3.8) is 0 Å². The lowest BCUT2D eigenvalue weighted by molar-refractivity contribution is -0.132. The number of carbonyl (C=O) groups is 1. The van der Waals surface area contributed by atoms with Crippen LogP contribution in [0.3, 0.4) is 0 Å². The summed E-state index contributed by atoms with van der Waals surface area (Å²) in [4.78, 5) is 12.5. The Kier molecular flexibility index (Phi) is 4.16. The van der Waals surface area contributed by atoms with Gasteiger partial charge in [0.05, 0.1) is 12.7 Å². The lowest BCUT2D eigenvalue weighted by Crippen LogP contribution is -2.50. The number of hydrogen-bond donors (Lipinski definition) is 1. The van der Waals surface area contributed by atoms with Gasteiger partial charge in [-0.15, -0.1) is 0 Å². The number of ketones is 1.